The Morgan fingerprint density at radius 1 is 1.06 bits per heavy atom. The van der Waals surface area contributed by atoms with Gasteiger partial charge in [0.15, 0.2) is 5.69 Å². The number of nitrogens with one attached hydrogen (secondary N) is 1. The minimum atomic E-state index is -4.70. The second-order valence-electron chi connectivity index (χ2n) is 6.56. The van der Waals surface area contributed by atoms with Gasteiger partial charge in [0.1, 0.15) is 16.3 Å². The normalized spacial score (nSPS) is 11.8. The van der Waals surface area contributed by atoms with Gasteiger partial charge in [0.05, 0.1) is 4.90 Å². The fourth-order valence-electron chi connectivity index (χ4n) is 2.77. The first-order valence-corrected chi connectivity index (χ1v) is 10.4. The third kappa shape index (κ3) is 4.80. The van der Waals surface area contributed by atoms with Gasteiger partial charge < -0.3 is 10.1 Å². The number of nitrogens with zero attached hydrogens (tertiary/aromatic N) is 2. The van der Waals surface area contributed by atoms with Crippen LogP contribution in [0.25, 0.3) is 0 Å². The molecule has 1 N–H and O–H groups in total. The summed E-state index contributed by atoms with van der Waals surface area (Å²) in [6, 6.07) is 11.2. The molecule has 0 aliphatic carbocycles. The van der Waals surface area contributed by atoms with Crippen LogP contribution in [0.1, 0.15) is 23.1 Å². The number of benzene rings is 2. The van der Waals surface area contributed by atoms with Crippen LogP contribution in [0.3, 0.4) is 0 Å². The predicted molar refractivity (Wildman–Crippen MR) is 106 cm³/mol. The second kappa shape index (κ2) is 8.46. The number of amides is 1. The number of rotatable bonds is 5. The number of carbonyl (C=O) groups excluding carboxylic acids is 2. The van der Waals surface area contributed by atoms with Crippen LogP contribution in [-0.4, -0.2) is 30.1 Å². The molecule has 0 spiro atoms. The highest BCUT2D eigenvalue weighted by Gasteiger charge is 2.35. The van der Waals surface area contributed by atoms with Gasteiger partial charge in [-0.15, -0.1) is 0 Å². The third-order valence-corrected chi connectivity index (χ3v) is 6.03. The Morgan fingerprint density at radius 2 is 1.69 bits per heavy atom. The van der Waals surface area contributed by atoms with Gasteiger partial charge in [0.25, 0.3) is 5.91 Å². The molecule has 1 heterocycles. The fourth-order valence-corrected chi connectivity index (χ4v) is 4.15. The summed E-state index contributed by atoms with van der Waals surface area (Å²) in [4.78, 5) is 23.2. The number of hydrogen-bond acceptors (Lipinski definition) is 6. The first kappa shape index (κ1) is 23.0. The van der Waals surface area contributed by atoms with E-state index in [2.05, 4.69) is 10.4 Å². The molecule has 0 aliphatic heterocycles. The van der Waals surface area contributed by atoms with Crippen molar-refractivity contribution in [2.24, 2.45) is 7.05 Å². The number of para-hydroxylation sites is 1. The summed E-state index contributed by atoms with van der Waals surface area (Å²) in [5.74, 6) is -1.67. The highest BCUT2D eigenvalue weighted by atomic mass is 32.2. The third-order valence-electron chi connectivity index (χ3n) is 4.22. The number of anilines is 1. The molecule has 0 unspecified atom stereocenters. The van der Waals surface area contributed by atoms with Gasteiger partial charge in [-0.3, -0.25) is 14.3 Å². The Balaban J connectivity index is 1.84. The molecular weight excluding hydrogens is 451 g/mol. The van der Waals surface area contributed by atoms with Crippen molar-refractivity contribution in [1.29, 1.82) is 0 Å². The topological polar surface area (TPSA) is 107 Å². The molecule has 0 bridgehead atoms. The molecule has 12 heteroatoms. The van der Waals surface area contributed by atoms with Crippen LogP contribution < -0.4 is 10.1 Å². The molecule has 168 valence electrons. The summed E-state index contributed by atoms with van der Waals surface area (Å²) in [5, 5.41) is 5.66. The predicted octanol–water partition coefficient (Wildman–Crippen LogP) is 3.45. The van der Waals surface area contributed by atoms with Gasteiger partial charge in [0, 0.05) is 25.7 Å². The highest BCUT2D eigenvalue weighted by Crippen LogP contribution is 2.31. The van der Waals surface area contributed by atoms with Gasteiger partial charge in [-0.1, -0.05) is 12.1 Å². The molecule has 8 nitrogen and oxygen atoms in total. The van der Waals surface area contributed by atoms with Crippen molar-refractivity contribution in [2.45, 2.75) is 22.9 Å². The zero-order valence-corrected chi connectivity index (χ0v) is 17.5. The number of aromatic nitrogens is 2. The summed E-state index contributed by atoms with van der Waals surface area (Å²) in [5.41, 5.74) is -1.39. The van der Waals surface area contributed by atoms with Gasteiger partial charge in [0.2, 0.25) is 9.84 Å². The second-order valence-corrected chi connectivity index (χ2v) is 8.48. The van der Waals surface area contributed by atoms with Crippen LogP contribution in [0.15, 0.2) is 64.4 Å². The maximum atomic E-state index is 12.9. The Hall–Kier alpha value is -3.67. The standard InChI is InChI=1S/C20H16F3N3O5S/c1-12(27)31-16-5-3-4-6-17(16)32(29,30)14-9-7-13(8-10-14)24-19(28)15-11-18(20(21,22)23)25-26(15)2/h3-11H,1-2H3,(H,24,28). The monoisotopic (exact) mass is 467 g/mol. The van der Waals surface area contributed by atoms with Crippen molar-refractivity contribution < 1.29 is 35.9 Å². The first-order chi connectivity index (χ1) is 14.9. The maximum absolute atomic E-state index is 12.9. The smallest absolute Gasteiger partial charge is 0.425 e. The van der Waals surface area contributed by atoms with Gasteiger partial charge >= 0.3 is 12.1 Å². The average Bonchev–Trinajstić information content (AvgIpc) is 3.10. The maximum Gasteiger partial charge on any atom is 0.435 e. The number of aryl methyl sites for hydroxylation is 1. The van der Waals surface area contributed by atoms with Crippen LogP contribution >= 0.6 is 0 Å². The number of hydrogen-bond donors (Lipinski definition) is 1. The van der Waals surface area contributed by atoms with E-state index in [1.807, 2.05) is 0 Å². The molecule has 0 atom stereocenters. The van der Waals surface area contributed by atoms with E-state index in [0.29, 0.717) is 6.07 Å². The molecule has 3 aromatic rings. The molecule has 1 amide bonds. The average molecular weight is 467 g/mol. The molecule has 1 aromatic heterocycles. The Labute approximate surface area is 180 Å². The molecule has 0 aliphatic rings. The molecule has 0 radical (unpaired) electrons. The molecule has 3 rings (SSSR count). The summed E-state index contributed by atoms with van der Waals surface area (Å²) in [7, 11) is -2.87. The van der Waals surface area contributed by atoms with Crippen LogP contribution in [0.2, 0.25) is 0 Å². The molecular formula is C20H16F3N3O5S. The number of halogens is 3. The number of ether oxygens (including phenoxy) is 1. The summed E-state index contributed by atoms with van der Waals surface area (Å²) in [6.45, 7) is 1.14. The van der Waals surface area contributed by atoms with Crippen molar-refractivity contribution in [2.75, 3.05) is 5.32 Å². The van der Waals surface area contributed by atoms with Gasteiger partial charge in [-0.25, -0.2) is 8.42 Å². The highest BCUT2D eigenvalue weighted by molar-refractivity contribution is 7.91. The van der Waals surface area contributed by atoms with Crippen molar-refractivity contribution in [1.82, 2.24) is 9.78 Å². The van der Waals surface area contributed by atoms with Crippen LogP contribution in [0.5, 0.6) is 5.75 Å². The Morgan fingerprint density at radius 3 is 2.25 bits per heavy atom. The Bertz CT molecular complexity index is 1280. The Kier molecular flexibility index (Phi) is 6.08. The van der Waals surface area contributed by atoms with E-state index in [1.54, 1.807) is 0 Å². The van der Waals surface area contributed by atoms with E-state index in [-0.39, 0.29) is 26.9 Å². The fraction of sp³-hybridized carbons (Fsp3) is 0.150. The number of carbonyl (C=O) groups is 2. The summed E-state index contributed by atoms with van der Waals surface area (Å²) >= 11 is 0. The molecule has 0 saturated carbocycles. The van der Waals surface area contributed by atoms with E-state index in [1.165, 1.54) is 55.6 Å². The van der Waals surface area contributed by atoms with Crippen molar-refractivity contribution in [3.05, 3.63) is 66.0 Å². The largest absolute Gasteiger partial charge is 0.435 e. The zero-order valence-electron chi connectivity index (χ0n) is 16.7. The number of esters is 1. The molecule has 32 heavy (non-hydrogen) atoms. The van der Waals surface area contributed by atoms with E-state index in [9.17, 15) is 31.2 Å². The van der Waals surface area contributed by atoms with E-state index in [0.717, 1.165) is 11.6 Å². The van der Waals surface area contributed by atoms with Crippen LogP contribution in [-0.2, 0) is 27.9 Å². The van der Waals surface area contributed by atoms with E-state index in [4.69, 9.17) is 4.74 Å². The lowest BCUT2D eigenvalue weighted by Crippen LogP contribution is -2.16. The van der Waals surface area contributed by atoms with Crippen LogP contribution in [0.4, 0.5) is 18.9 Å². The minimum Gasteiger partial charge on any atom is -0.425 e. The first-order valence-electron chi connectivity index (χ1n) is 8.95. The van der Waals surface area contributed by atoms with Crippen molar-refractivity contribution in [3.63, 3.8) is 0 Å². The summed E-state index contributed by atoms with van der Waals surface area (Å²) in [6.07, 6.45) is -4.70. The minimum absolute atomic E-state index is 0.131. The SMILES string of the molecule is CC(=O)Oc1ccccc1S(=O)(=O)c1ccc(NC(=O)c2cc(C(F)(F)F)nn2C)cc1. The quantitative estimate of drug-likeness (QED) is 0.455. The van der Waals surface area contributed by atoms with Crippen molar-refractivity contribution >= 4 is 27.4 Å². The van der Waals surface area contributed by atoms with Gasteiger partial charge in [-0.05, 0) is 36.4 Å². The lowest BCUT2D eigenvalue weighted by Gasteiger charge is -2.11. The van der Waals surface area contributed by atoms with Crippen LogP contribution in [0, 0.1) is 0 Å². The lowest BCUT2D eigenvalue weighted by atomic mass is 10.3. The van der Waals surface area contributed by atoms with Crippen molar-refractivity contribution in [3.8, 4) is 5.75 Å². The number of sulfone groups is 1. The van der Waals surface area contributed by atoms with E-state index < -0.39 is 33.6 Å². The lowest BCUT2D eigenvalue weighted by molar-refractivity contribution is -0.141. The zero-order chi connectivity index (χ0) is 23.7. The molecule has 2 aromatic carbocycles. The summed E-state index contributed by atoms with van der Waals surface area (Å²) < 4.78 is 69.9. The van der Waals surface area contributed by atoms with Gasteiger partial charge in [-0.2, -0.15) is 18.3 Å². The molecule has 0 fully saturated rings. The van der Waals surface area contributed by atoms with E-state index >= 15 is 0 Å². The number of alkyl halides is 3. The molecule has 0 saturated heterocycles.